The first-order chi connectivity index (χ1) is 10.6. The van der Waals surface area contributed by atoms with Gasteiger partial charge in [0.05, 0.1) is 17.4 Å². The van der Waals surface area contributed by atoms with Gasteiger partial charge in [-0.1, -0.05) is 24.3 Å². The average Bonchev–Trinajstić information content (AvgIpc) is 2.93. The van der Waals surface area contributed by atoms with Crippen LogP contribution >= 0.6 is 11.7 Å². The minimum absolute atomic E-state index is 0.0823. The molecular formula is C16H20N4OS. The van der Waals surface area contributed by atoms with Crippen molar-refractivity contribution in [1.82, 2.24) is 19.0 Å². The monoisotopic (exact) mass is 316 g/mol. The van der Waals surface area contributed by atoms with Crippen LogP contribution in [0.4, 0.5) is 0 Å². The van der Waals surface area contributed by atoms with Crippen molar-refractivity contribution in [3.05, 3.63) is 46.8 Å². The molecule has 2 heterocycles. The predicted molar refractivity (Wildman–Crippen MR) is 87.0 cm³/mol. The summed E-state index contributed by atoms with van der Waals surface area (Å²) in [6.07, 6.45) is 1.08. The molecule has 0 spiro atoms. The Morgan fingerprint density at radius 3 is 2.86 bits per heavy atom. The number of aromatic nitrogens is 2. The van der Waals surface area contributed by atoms with E-state index in [-0.39, 0.29) is 11.9 Å². The SMILES string of the molecule is Cc1nsnc1C(=O)NC(C)CN1CCc2ccccc2C1. The van der Waals surface area contributed by atoms with Gasteiger partial charge in [0.1, 0.15) is 0 Å². The number of fused-ring (bicyclic) bond motifs is 1. The lowest BCUT2D eigenvalue weighted by molar-refractivity contribution is 0.0922. The minimum Gasteiger partial charge on any atom is -0.347 e. The molecular weight excluding hydrogens is 296 g/mol. The van der Waals surface area contributed by atoms with Crippen molar-refractivity contribution in [2.75, 3.05) is 13.1 Å². The number of hydrogen-bond acceptors (Lipinski definition) is 5. The van der Waals surface area contributed by atoms with Gasteiger partial charge < -0.3 is 5.32 Å². The van der Waals surface area contributed by atoms with E-state index < -0.39 is 0 Å². The third-order valence-corrected chi connectivity index (χ3v) is 4.61. The Balaban J connectivity index is 1.56. The Bertz CT molecular complexity index is 670. The highest BCUT2D eigenvalue weighted by molar-refractivity contribution is 6.99. The largest absolute Gasteiger partial charge is 0.347 e. The number of rotatable bonds is 4. The van der Waals surface area contributed by atoms with Gasteiger partial charge in [-0.3, -0.25) is 9.69 Å². The molecule has 0 aliphatic carbocycles. The van der Waals surface area contributed by atoms with E-state index in [0.29, 0.717) is 11.4 Å². The average molecular weight is 316 g/mol. The van der Waals surface area contributed by atoms with Gasteiger partial charge in [-0.15, -0.1) is 0 Å². The maximum absolute atomic E-state index is 12.2. The molecule has 0 saturated carbocycles. The van der Waals surface area contributed by atoms with E-state index in [2.05, 4.69) is 43.2 Å². The van der Waals surface area contributed by atoms with Gasteiger partial charge in [-0.25, -0.2) is 0 Å². The second-order valence-electron chi connectivity index (χ2n) is 5.83. The summed E-state index contributed by atoms with van der Waals surface area (Å²) < 4.78 is 8.10. The van der Waals surface area contributed by atoms with Gasteiger partial charge >= 0.3 is 0 Å². The summed E-state index contributed by atoms with van der Waals surface area (Å²) in [4.78, 5) is 14.5. The fourth-order valence-electron chi connectivity index (χ4n) is 2.87. The number of nitrogens with one attached hydrogen (secondary N) is 1. The molecule has 2 aromatic rings. The third kappa shape index (κ3) is 3.34. The molecule has 5 nitrogen and oxygen atoms in total. The molecule has 0 radical (unpaired) electrons. The van der Waals surface area contributed by atoms with Gasteiger partial charge in [0.2, 0.25) is 0 Å². The molecule has 1 aromatic carbocycles. The molecule has 0 saturated heterocycles. The Morgan fingerprint density at radius 2 is 2.14 bits per heavy atom. The van der Waals surface area contributed by atoms with Gasteiger partial charge in [0, 0.05) is 25.7 Å². The predicted octanol–water partition coefficient (Wildman–Crippen LogP) is 2.02. The second kappa shape index (κ2) is 6.54. The van der Waals surface area contributed by atoms with Crippen LogP contribution in [0.3, 0.4) is 0 Å². The molecule has 0 bridgehead atoms. The van der Waals surface area contributed by atoms with Crippen LogP contribution in [0.25, 0.3) is 0 Å². The zero-order chi connectivity index (χ0) is 15.5. The van der Waals surface area contributed by atoms with Crippen molar-refractivity contribution in [1.29, 1.82) is 0 Å². The molecule has 6 heteroatoms. The Labute approximate surface area is 134 Å². The first kappa shape index (κ1) is 15.1. The molecule has 1 amide bonds. The van der Waals surface area contributed by atoms with Crippen LogP contribution in [-0.4, -0.2) is 38.7 Å². The number of carbonyl (C=O) groups excluding carboxylic acids is 1. The summed E-state index contributed by atoms with van der Waals surface area (Å²) in [5.74, 6) is -0.129. The second-order valence-corrected chi connectivity index (χ2v) is 6.36. The standard InChI is InChI=1S/C16H20N4OS/c1-11(17-16(21)15-12(2)18-22-19-15)9-20-8-7-13-5-3-4-6-14(13)10-20/h3-6,11H,7-10H2,1-2H3,(H,17,21). The van der Waals surface area contributed by atoms with Crippen LogP contribution in [0.2, 0.25) is 0 Å². The molecule has 1 atom stereocenters. The van der Waals surface area contributed by atoms with Crippen LogP contribution < -0.4 is 5.32 Å². The topological polar surface area (TPSA) is 58.1 Å². The molecule has 0 fully saturated rings. The summed E-state index contributed by atoms with van der Waals surface area (Å²) in [5, 5.41) is 3.02. The Hall–Kier alpha value is -1.79. The van der Waals surface area contributed by atoms with Crippen LogP contribution in [0, 0.1) is 6.92 Å². The smallest absolute Gasteiger partial charge is 0.273 e. The third-order valence-electron chi connectivity index (χ3n) is 3.99. The van der Waals surface area contributed by atoms with Crippen LogP contribution in [-0.2, 0) is 13.0 Å². The molecule has 1 aliphatic heterocycles. The highest BCUT2D eigenvalue weighted by Crippen LogP contribution is 2.18. The molecule has 1 N–H and O–H groups in total. The Kier molecular flexibility index (Phi) is 4.49. The van der Waals surface area contributed by atoms with Crippen molar-refractivity contribution in [3.8, 4) is 0 Å². The van der Waals surface area contributed by atoms with Gasteiger partial charge in [-0.05, 0) is 31.4 Å². The van der Waals surface area contributed by atoms with Gasteiger partial charge in [0.15, 0.2) is 5.69 Å². The summed E-state index contributed by atoms with van der Waals surface area (Å²) in [5.41, 5.74) is 3.98. The number of carbonyl (C=O) groups is 1. The summed E-state index contributed by atoms with van der Waals surface area (Å²) in [6, 6.07) is 8.66. The zero-order valence-corrected chi connectivity index (χ0v) is 13.7. The summed E-state index contributed by atoms with van der Waals surface area (Å²) >= 11 is 1.08. The lowest BCUT2D eigenvalue weighted by Gasteiger charge is -2.31. The van der Waals surface area contributed by atoms with Crippen LogP contribution in [0.5, 0.6) is 0 Å². The summed E-state index contributed by atoms with van der Waals surface area (Å²) in [6.45, 7) is 6.68. The Morgan fingerprint density at radius 1 is 1.36 bits per heavy atom. The lowest BCUT2D eigenvalue weighted by atomic mass is 10.00. The van der Waals surface area contributed by atoms with Gasteiger partial charge in [0.25, 0.3) is 5.91 Å². The zero-order valence-electron chi connectivity index (χ0n) is 12.9. The van der Waals surface area contributed by atoms with E-state index in [1.165, 1.54) is 11.1 Å². The highest BCUT2D eigenvalue weighted by atomic mass is 32.1. The quantitative estimate of drug-likeness (QED) is 0.937. The van der Waals surface area contributed by atoms with E-state index in [9.17, 15) is 4.79 Å². The van der Waals surface area contributed by atoms with Crippen molar-refractivity contribution in [2.24, 2.45) is 0 Å². The van der Waals surface area contributed by atoms with E-state index >= 15 is 0 Å². The fraction of sp³-hybridized carbons (Fsp3) is 0.438. The normalized spacial score (nSPS) is 16.1. The number of amides is 1. The van der Waals surface area contributed by atoms with E-state index in [0.717, 1.165) is 37.8 Å². The maximum Gasteiger partial charge on any atom is 0.273 e. The number of benzene rings is 1. The molecule has 22 heavy (non-hydrogen) atoms. The number of aryl methyl sites for hydroxylation is 1. The highest BCUT2D eigenvalue weighted by Gasteiger charge is 2.20. The van der Waals surface area contributed by atoms with Crippen molar-refractivity contribution >= 4 is 17.6 Å². The van der Waals surface area contributed by atoms with Crippen molar-refractivity contribution < 1.29 is 4.79 Å². The first-order valence-electron chi connectivity index (χ1n) is 7.52. The molecule has 1 aromatic heterocycles. The molecule has 116 valence electrons. The lowest BCUT2D eigenvalue weighted by Crippen LogP contribution is -2.43. The minimum atomic E-state index is -0.129. The van der Waals surface area contributed by atoms with Crippen molar-refractivity contribution in [3.63, 3.8) is 0 Å². The van der Waals surface area contributed by atoms with Crippen LogP contribution in [0.1, 0.15) is 34.2 Å². The van der Waals surface area contributed by atoms with Crippen molar-refractivity contribution in [2.45, 2.75) is 32.9 Å². The number of nitrogens with zero attached hydrogens (tertiary/aromatic N) is 3. The molecule has 1 aliphatic rings. The molecule has 3 rings (SSSR count). The van der Waals surface area contributed by atoms with Crippen LogP contribution in [0.15, 0.2) is 24.3 Å². The fourth-order valence-corrected chi connectivity index (χ4v) is 3.42. The van der Waals surface area contributed by atoms with E-state index in [1.807, 2.05) is 13.8 Å². The maximum atomic E-state index is 12.2. The van der Waals surface area contributed by atoms with E-state index in [1.54, 1.807) is 0 Å². The molecule has 1 unspecified atom stereocenters. The van der Waals surface area contributed by atoms with Gasteiger partial charge in [-0.2, -0.15) is 8.75 Å². The number of hydrogen-bond donors (Lipinski definition) is 1. The van der Waals surface area contributed by atoms with E-state index in [4.69, 9.17) is 0 Å². The summed E-state index contributed by atoms with van der Waals surface area (Å²) in [7, 11) is 0. The first-order valence-corrected chi connectivity index (χ1v) is 8.25.